The summed E-state index contributed by atoms with van der Waals surface area (Å²) in [5.41, 5.74) is 27.7. The molecular formula is C42H70N14O14. The van der Waals surface area contributed by atoms with Gasteiger partial charge in [-0.2, -0.15) is 0 Å². The highest BCUT2D eigenvalue weighted by Gasteiger charge is 2.36. The summed E-state index contributed by atoms with van der Waals surface area (Å²) in [6.07, 6.45) is -0.880. The van der Waals surface area contributed by atoms with Crippen LogP contribution in [-0.4, -0.2) is 165 Å². The van der Waals surface area contributed by atoms with Crippen LogP contribution >= 0.6 is 0 Å². The molecular weight excluding hydrogens is 925 g/mol. The molecule has 1 rings (SSSR count). The van der Waals surface area contributed by atoms with E-state index in [1.54, 1.807) is 13.8 Å². The van der Waals surface area contributed by atoms with E-state index in [4.69, 9.17) is 28.7 Å². The van der Waals surface area contributed by atoms with E-state index >= 15 is 0 Å². The van der Waals surface area contributed by atoms with Crippen LogP contribution in [0.5, 0.6) is 5.75 Å². The van der Waals surface area contributed by atoms with Gasteiger partial charge in [-0.3, -0.25) is 48.3 Å². The zero-order valence-corrected chi connectivity index (χ0v) is 39.6. The summed E-state index contributed by atoms with van der Waals surface area (Å²) >= 11 is 0. The lowest BCUT2D eigenvalue weighted by Crippen LogP contribution is -2.61. The van der Waals surface area contributed by atoms with Crippen molar-refractivity contribution in [2.75, 3.05) is 26.3 Å². The molecule has 0 bridgehead atoms. The summed E-state index contributed by atoms with van der Waals surface area (Å²) in [6, 6.07) is -6.92. The number of carbonyl (C=O) groups is 9. The highest BCUT2D eigenvalue weighted by Crippen LogP contribution is 2.14. The van der Waals surface area contributed by atoms with Gasteiger partial charge in [-0.25, -0.2) is 4.79 Å². The van der Waals surface area contributed by atoms with Crippen LogP contribution < -0.4 is 65.9 Å². The fourth-order valence-electron chi connectivity index (χ4n) is 6.38. The van der Waals surface area contributed by atoms with Gasteiger partial charge in [-0.15, -0.1) is 0 Å². The van der Waals surface area contributed by atoms with Crippen LogP contribution in [-0.2, 0) is 49.6 Å². The number of hydrogen-bond donors (Lipinski definition) is 17. The molecule has 1 aromatic carbocycles. The number of aliphatic hydroxyl groups excluding tert-OH is 2. The van der Waals surface area contributed by atoms with Crippen molar-refractivity contribution in [3.63, 3.8) is 0 Å². The van der Waals surface area contributed by atoms with E-state index in [0.29, 0.717) is 12.0 Å². The van der Waals surface area contributed by atoms with Gasteiger partial charge in [0.25, 0.3) is 0 Å². The van der Waals surface area contributed by atoms with Gasteiger partial charge in [-0.1, -0.05) is 39.8 Å². The molecule has 7 amide bonds. The minimum Gasteiger partial charge on any atom is -0.508 e. The molecule has 0 heterocycles. The normalized spacial score (nSPS) is 14.4. The average molecular weight is 995 g/mol. The van der Waals surface area contributed by atoms with Gasteiger partial charge in [0.2, 0.25) is 41.4 Å². The number of nitrogens with two attached hydrogens (primary N) is 5. The maximum Gasteiger partial charge on any atom is 0.328 e. The van der Waals surface area contributed by atoms with E-state index in [9.17, 15) is 68.7 Å². The lowest BCUT2D eigenvalue weighted by Gasteiger charge is -2.28. The summed E-state index contributed by atoms with van der Waals surface area (Å²) < 4.78 is 0. The van der Waals surface area contributed by atoms with Gasteiger partial charge in [0.15, 0.2) is 11.9 Å². The number of phenols is 1. The molecule has 1 aromatic rings. The summed E-state index contributed by atoms with van der Waals surface area (Å²) in [5, 5.41) is 65.1. The quantitative estimate of drug-likeness (QED) is 0.0181. The first-order valence-electron chi connectivity index (χ1n) is 22.2. The molecule has 0 aliphatic heterocycles. The Balaban J connectivity index is 3.42. The van der Waals surface area contributed by atoms with Crippen molar-refractivity contribution in [3.05, 3.63) is 29.8 Å². The lowest BCUT2D eigenvalue weighted by atomic mass is 9.99. The average Bonchev–Trinajstić information content (AvgIpc) is 3.27. The third-order valence-corrected chi connectivity index (χ3v) is 10.1. The van der Waals surface area contributed by atoms with Gasteiger partial charge >= 0.3 is 11.9 Å². The van der Waals surface area contributed by atoms with Crippen LogP contribution in [0.3, 0.4) is 0 Å². The number of phenolic OH excluding ortho intramolecular Hbond substituents is 1. The number of nitrogens with zero attached hydrogens (tertiary/aromatic N) is 2. The summed E-state index contributed by atoms with van der Waals surface area (Å²) in [5.74, 6) is -11.6. The molecule has 0 aliphatic carbocycles. The van der Waals surface area contributed by atoms with Crippen molar-refractivity contribution in [3.8, 4) is 5.75 Å². The van der Waals surface area contributed by atoms with Crippen molar-refractivity contribution < 1.29 is 68.7 Å². The van der Waals surface area contributed by atoms with Crippen LogP contribution in [0.1, 0.15) is 71.8 Å². The Morgan fingerprint density at radius 1 is 0.557 bits per heavy atom. The summed E-state index contributed by atoms with van der Waals surface area (Å²) in [4.78, 5) is 126. The number of carboxylic acid groups (broad SMARTS) is 2. The molecule has 392 valence electrons. The molecule has 28 nitrogen and oxygen atoms in total. The van der Waals surface area contributed by atoms with Crippen molar-refractivity contribution in [2.45, 2.75) is 121 Å². The molecule has 8 atom stereocenters. The monoisotopic (exact) mass is 995 g/mol. The topological polar surface area (TPSA) is 494 Å². The lowest BCUT2D eigenvalue weighted by molar-refractivity contribution is -0.143. The fourth-order valence-corrected chi connectivity index (χ4v) is 6.38. The Bertz CT molecular complexity index is 1990. The third-order valence-electron chi connectivity index (χ3n) is 10.1. The van der Waals surface area contributed by atoms with Crippen LogP contribution in [0, 0.1) is 11.8 Å². The molecule has 0 spiro atoms. The minimum atomic E-state index is -1.88. The number of carbonyl (C=O) groups excluding carboxylic acids is 7. The number of aliphatic carboxylic acids is 2. The Hall–Kier alpha value is -7.33. The van der Waals surface area contributed by atoms with Crippen LogP contribution in [0.4, 0.5) is 0 Å². The van der Waals surface area contributed by atoms with Gasteiger partial charge in [0.1, 0.15) is 48.0 Å². The van der Waals surface area contributed by atoms with Gasteiger partial charge in [0, 0.05) is 19.5 Å². The van der Waals surface area contributed by atoms with Crippen LogP contribution in [0.25, 0.3) is 0 Å². The van der Waals surface area contributed by atoms with Crippen molar-refractivity contribution in [2.24, 2.45) is 50.5 Å². The second kappa shape index (κ2) is 30.9. The van der Waals surface area contributed by atoms with E-state index in [0.717, 1.165) is 0 Å². The predicted molar refractivity (Wildman–Crippen MR) is 251 cm³/mol. The molecule has 70 heavy (non-hydrogen) atoms. The number of benzene rings is 1. The van der Waals surface area contributed by atoms with E-state index in [1.165, 1.54) is 38.1 Å². The highest BCUT2D eigenvalue weighted by molar-refractivity contribution is 5.98. The smallest absolute Gasteiger partial charge is 0.328 e. The van der Waals surface area contributed by atoms with Gasteiger partial charge in [0.05, 0.1) is 25.7 Å². The maximum absolute atomic E-state index is 14.1. The molecule has 0 radical (unpaired) electrons. The van der Waals surface area contributed by atoms with Crippen molar-refractivity contribution in [1.82, 2.24) is 37.2 Å². The second-order valence-electron chi connectivity index (χ2n) is 16.9. The van der Waals surface area contributed by atoms with Crippen LogP contribution in [0.15, 0.2) is 34.3 Å². The summed E-state index contributed by atoms with van der Waals surface area (Å²) in [7, 11) is 0. The number of hydrogen-bond acceptors (Lipinski definition) is 15. The van der Waals surface area contributed by atoms with Crippen molar-refractivity contribution in [1.29, 1.82) is 0 Å². The standard InChI is InChI=1S/C42H70N14O14/c1-20(2)15-26(51-33(62)24(43)7-5-13-48-41(44)45)35(64)53-28(17-31(60)61)36(65)54-29(18-57)38(67)52-27(16-22-9-11-23(59)12-10-22)37(66)56-32(21(3)4)39(68)50-25(8-6-14-49-42(46)47)34(63)55-30(19-58)40(69)70/h9-12,20-21,24-30,32,57-59H,5-8,13-19,43H2,1-4H3,(H,50,68)(H,51,62)(H,52,67)(H,53,64)(H,54,65)(H,55,63)(H,56,66)(H,60,61)(H,69,70)(H4,44,45,48)(H4,46,47,49)/t24-,25-,26-,27-,28-,29-,30-,32-/m0/s1. The molecule has 28 heteroatoms. The first-order valence-corrected chi connectivity index (χ1v) is 22.2. The Morgan fingerprint density at radius 3 is 1.50 bits per heavy atom. The Morgan fingerprint density at radius 2 is 1.00 bits per heavy atom. The van der Waals surface area contributed by atoms with Gasteiger partial charge < -0.3 is 91.4 Å². The van der Waals surface area contributed by atoms with Crippen LogP contribution in [0.2, 0.25) is 0 Å². The van der Waals surface area contributed by atoms with E-state index in [-0.39, 0.29) is 68.8 Å². The van der Waals surface area contributed by atoms with E-state index in [1.807, 2.05) is 0 Å². The highest BCUT2D eigenvalue weighted by atomic mass is 16.4. The third kappa shape index (κ3) is 23.1. The predicted octanol–water partition coefficient (Wildman–Crippen LogP) is -5.99. The second-order valence-corrected chi connectivity index (χ2v) is 16.9. The molecule has 0 aliphatic rings. The molecule has 22 N–H and O–H groups in total. The Kier molecular flexibility index (Phi) is 26.8. The number of rotatable bonds is 32. The fraction of sp³-hybridized carbons (Fsp3) is 0.595. The number of amides is 7. The Labute approximate surface area is 403 Å². The maximum atomic E-state index is 14.1. The zero-order valence-electron chi connectivity index (χ0n) is 39.6. The largest absolute Gasteiger partial charge is 0.508 e. The molecule has 0 saturated carbocycles. The molecule has 0 fully saturated rings. The number of aliphatic hydroxyl groups is 2. The number of aliphatic imine (C=N–C) groups is 2. The zero-order chi connectivity index (χ0) is 53.2. The first kappa shape index (κ1) is 60.7. The number of carboxylic acids is 2. The first-order chi connectivity index (χ1) is 32.8. The molecule has 0 aromatic heterocycles. The minimum absolute atomic E-state index is 0.0105. The van der Waals surface area contributed by atoms with E-state index < -0.39 is 127 Å². The van der Waals surface area contributed by atoms with E-state index in [2.05, 4.69) is 47.2 Å². The van der Waals surface area contributed by atoms with Crippen molar-refractivity contribution >= 4 is 65.2 Å². The summed E-state index contributed by atoms with van der Waals surface area (Å²) in [6.45, 7) is 4.64. The molecule has 0 unspecified atom stereocenters. The molecule has 0 saturated heterocycles. The van der Waals surface area contributed by atoms with Gasteiger partial charge in [-0.05, 0) is 61.6 Å². The number of nitrogens with one attached hydrogen (secondary N) is 7. The SMILES string of the molecule is CC(C)C[C@H](NC(=O)[C@@H](N)CCCN=C(N)N)C(=O)N[C@@H](CC(=O)O)C(=O)N[C@@H](CO)C(=O)N[C@@H](Cc1ccc(O)cc1)C(=O)N[C@H](C(=O)N[C@@H](CCCN=C(N)N)C(=O)N[C@@H](CO)C(=O)O)C(C)C. The number of aromatic hydroxyl groups is 1. The number of guanidine groups is 2.